The minimum atomic E-state index is 0.708. The summed E-state index contributed by atoms with van der Waals surface area (Å²) in [6.45, 7) is 6.21. The fourth-order valence-corrected chi connectivity index (χ4v) is 3.04. The Kier molecular flexibility index (Phi) is 6.24. The van der Waals surface area contributed by atoms with Crippen LogP contribution in [-0.2, 0) is 6.54 Å². The molecule has 1 aliphatic heterocycles. The number of benzene rings is 1. The van der Waals surface area contributed by atoms with Gasteiger partial charge in [-0.15, -0.1) is 11.6 Å². The highest BCUT2D eigenvalue weighted by Gasteiger charge is 2.15. The predicted molar refractivity (Wildman–Crippen MR) is 83.5 cm³/mol. The van der Waals surface area contributed by atoms with Crippen LogP contribution in [0, 0.1) is 0 Å². The smallest absolute Gasteiger partial charge is 0.0452 e. The van der Waals surface area contributed by atoms with Crippen molar-refractivity contribution in [2.75, 3.05) is 38.6 Å². The molecule has 0 N–H and O–H groups in total. The number of rotatable bonds is 4. The maximum Gasteiger partial charge on any atom is 0.0452 e. The van der Waals surface area contributed by atoms with Gasteiger partial charge in [0.1, 0.15) is 0 Å². The topological polar surface area (TPSA) is 6.48 Å². The second-order valence-corrected chi connectivity index (χ2v) is 6.12. The van der Waals surface area contributed by atoms with E-state index in [4.69, 9.17) is 34.8 Å². The lowest BCUT2D eigenvalue weighted by atomic mass is 10.2. The first-order valence-corrected chi connectivity index (χ1v) is 7.92. The van der Waals surface area contributed by atoms with Gasteiger partial charge in [-0.1, -0.05) is 23.2 Å². The van der Waals surface area contributed by atoms with Gasteiger partial charge in [0.05, 0.1) is 0 Å². The van der Waals surface area contributed by atoms with Crippen molar-refractivity contribution in [3.8, 4) is 0 Å². The van der Waals surface area contributed by atoms with Crippen molar-refractivity contribution in [3.05, 3.63) is 33.8 Å². The number of hydrogen-bond donors (Lipinski definition) is 0. The van der Waals surface area contributed by atoms with Crippen molar-refractivity contribution in [1.82, 2.24) is 9.80 Å². The van der Waals surface area contributed by atoms with Gasteiger partial charge in [0.25, 0.3) is 0 Å². The summed E-state index contributed by atoms with van der Waals surface area (Å²) in [4.78, 5) is 4.86. The highest BCUT2D eigenvalue weighted by atomic mass is 35.5. The van der Waals surface area contributed by atoms with Gasteiger partial charge >= 0.3 is 0 Å². The van der Waals surface area contributed by atoms with E-state index >= 15 is 0 Å². The molecule has 0 aromatic heterocycles. The lowest BCUT2D eigenvalue weighted by molar-refractivity contribution is 0.258. The molecule has 19 heavy (non-hydrogen) atoms. The van der Waals surface area contributed by atoms with E-state index in [-0.39, 0.29) is 0 Å². The molecule has 0 saturated carbocycles. The standard InChI is InChI=1S/C14H19Cl3N2/c15-4-7-18-5-1-6-19(9-8-18)11-12-10-13(16)2-3-14(12)17/h2-3,10H,1,4-9,11H2. The van der Waals surface area contributed by atoms with Crippen LogP contribution in [0.5, 0.6) is 0 Å². The molecule has 1 aromatic carbocycles. The van der Waals surface area contributed by atoms with Crippen molar-refractivity contribution >= 4 is 34.8 Å². The van der Waals surface area contributed by atoms with Crippen molar-refractivity contribution in [3.63, 3.8) is 0 Å². The summed E-state index contributed by atoms with van der Waals surface area (Å²) in [6, 6.07) is 5.67. The summed E-state index contributed by atoms with van der Waals surface area (Å²) >= 11 is 18.1. The van der Waals surface area contributed by atoms with Crippen molar-refractivity contribution in [1.29, 1.82) is 0 Å². The monoisotopic (exact) mass is 320 g/mol. The van der Waals surface area contributed by atoms with E-state index < -0.39 is 0 Å². The zero-order chi connectivity index (χ0) is 13.7. The molecule has 0 radical (unpaired) electrons. The molecule has 1 fully saturated rings. The number of halogens is 3. The minimum Gasteiger partial charge on any atom is -0.301 e. The van der Waals surface area contributed by atoms with Crippen LogP contribution >= 0.6 is 34.8 Å². The first-order chi connectivity index (χ1) is 9.19. The fraction of sp³-hybridized carbons (Fsp3) is 0.571. The Morgan fingerprint density at radius 1 is 1.00 bits per heavy atom. The third kappa shape index (κ3) is 4.80. The average Bonchev–Trinajstić information content (AvgIpc) is 2.60. The van der Waals surface area contributed by atoms with Gasteiger partial charge in [0.2, 0.25) is 0 Å². The van der Waals surface area contributed by atoms with Crippen molar-refractivity contribution in [2.24, 2.45) is 0 Å². The minimum absolute atomic E-state index is 0.708. The Labute approximate surface area is 130 Å². The fourth-order valence-electron chi connectivity index (χ4n) is 2.43. The average molecular weight is 322 g/mol. The largest absolute Gasteiger partial charge is 0.301 e. The summed E-state index contributed by atoms with van der Waals surface area (Å²) in [6.07, 6.45) is 1.18. The lowest BCUT2D eigenvalue weighted by Crippen LogP contribution is -2.31. The Morgan fingerprint density at radius 2 is 1.74 bits per heavy atom. The van der Waals surface area contributed by atoms with Crippen molar-refractivity contribution < 1.29 is 0 Å². The molecule has 0 unspecified atom stereocenters. The van der Waals surface area contributed by atoms with E-state index in [1.54, 1.807) is 0 Å². The van der Waals surface area contributed by atoms with E-state index in [9.17, 15) is 0 Å². The molecule has 2 nitrogen and oxygen atoms in total. The molecule has 1 heterocycles. The van der Waals surface area contributed by atoms with E-state index in [0.29, 0.717) is 5.88 Å². The Bertz CT molecular complexity index is 412. The molecular weight excluding hydrogens is 303 g/mol. The van der Waals surface area contributed by atoms with Crippen LogP contribution in [0.2, 0.25) is 10.0 Å². The molecule has 5 heteroatoms. The first kappa shape index (κ1) is 15.4. The predicted octanol–water partition coefficient (Wildman–Crippen LogP) is 3.74. The summed E-state index contributed by atoms with van der Waals surface area (Å²) in [5.41, 5.74) is 1.11. The summed E-state index contributed by atoms with van der Waals surface area (Å²) < 4.78 is 0. The van der Waals surface area contributed by atoms with E-state index in [2.05, 4.69) is 9.80 Å². The quantitative estimate of drug-likeness (QED) is 0.780. The maximum atomic E-state index is 6.22. The summed E-state index contributed by atoms with van der Waals surface area (Å²) in [7, 11) is 0. The number of hydrogen-bond acceptors (Lipinski definition) is 2. The van der Waals surface area contributed by atoms with Gasteiger partial charge in [-0.05, 0) is 43.3 Å². The first-order valence-electron chi connectivity index (χ1n) is 6.63. The van der Waals surface area contributed by atoms with Crippen LogP contribution in [0.4, 0.5) is 0 Å². The molecule has 0 spiro atoms. The zero-order valence-corrected chi connectivity index (χ0v) is 13.2. The highest BCUT2D eigenvalue weighted by molar-refractivity contribution is 6.33. The van der Waals surface area contributed by atoms with Crippen LogP contribution in [-0.4, -0.2) is 48.4 Å². The van der Waals surface area contributed by atoms with Crippen LogP contribution in [0.15, 0.2) is 18.2 Å². The molecule has 0 atom stereocenters. The van der Waals surface area contributed by atoms with Gasteiger partial charge < -0.3 is 4.90 Å². The molecule has 0 aliphatic carbocycles. The normalized spacial score (nSPS) is 18.5. The van der Waals surface area contributed by atoms with Gasteiger partial charge in [0, 0.05) is 42.1 Å². The zero-order valence-electron chi connectivity index (χ0n) is 10.9. The van der Waals surface area contributed by atoms with E-state index in [0.717, 1.165) is 54.9 Å². The molecule has 0 bridgehead atoms. The highest BCUT2D eigenvalue weighted by Crippen LogP contribution is 2.22. The molecule has 1 aromatic rings. The lowest BCUT2D eigenvalue weighted by Gasteiger charge is -2.21. The molecule has 0 amide bonds. The maximum absolute atomic E-state index is 6.22. The van der Waals surface area contributed by atoms with Gasteiger partial charge in [-0.3, -0.25) is 4.90 Å². The summed E-state index contributed by atoms with van der Waals surface area (Å²) in [5, 5.41) is 1.55. The second-order valence-electron chi connectivity index (χ2n) is 4.90. The van der Waals surface area contributed by atoms with Crippen LogP contribution in [0.3, 0.4) is 0 Å². The summed E-state index contributed by atoms with van der Waals surface area (Å²) in [5.74, 6) is 0.708. The van der Waals surface area contributed by atoms with E-state index in [1.165, 1.54) is 6.42 Å². The number of alkyl halides is 1. The number of nitrogens with zero attached hydrogens (tertiary/aromatic N) is 2. The van der Waals surface area contributed by atoms with Gasteiger partial charge in [-0.2, -0.15) is 0 Å². The third-order valence-electron chi connectivity index (χ3n) is 3.48. The van der Waals surface area contributed by atoms with Crippen LogP contribution < -0.4 is 0 Å². The third-order valence-corrected chi connectivity index (χ3v) is 4.26. The van der Waals surface area contributed by atoms with E-state index in [1.807, 2.05) is 18.2 Å². The second kappa shape index (κ2) is 7.70. The van der Waals surface area contributed by atoms with Crippen LogP contribution in [0.25, 0.3) is 0 Å². The van der Waals surface area contributed by atoms with Crippen molar-refractivity contribution in [2.45, 2.75) is 13.0 Å². The SMILES string of the molecule is ClCCN1CCCN(Cc2cc(Cl)ccc2Cl)CC1. The Morgan fingerprint density at radius 3 is 2.53 bits per heavy atom. The molecule has 1 saturated heterocycles. The Hall–Kier alpha value is 0.01000. The molecule has 106 valence electrons. The molecule has 2 rings (SSSR count). The molecule has 1 aliphatic rings. The molecular formula is C14H19Cl3N2. The van der Waals surface area contributed by atoms with Gasteiger partial charge in [-0.25, -0.2) is 0 Å². The van der Waals surface area contributed by atoms with Gasteiger partial charge in [0.15, 0.2) is 0 Å². The van der Waals surface area contributed by atoms with Crippen LogP contribution in [0.1, 0.15) is 12.0 Å². The Balaban J connectivity index is 1.94.